The number of likely N-dealkylation sites (tertiary alicyclic amines) is 1. The second kappa shape index (κ2) is 8.16. The smallest absolute Gasteiger partial charge is 0.0931 e. The molecule has 1 aromatic rings. The molecule has 0 radical (unpaired) electrons. The van der Waals surface area contributed by atoms with E-state index in [0.29, 0.717) is 0 Å². The van der Waals surface area contributed by atoms with Gasteiger partial charge in [-0.05, 0) is 38.1 Å². The maximum Gasteiger partial charge on any atom is 0.0931 e. The lowest BCUT2D eigenvalue weighted by Gasteiger charge is -2.24. The fourth-order valence-electron chi connectivity index (χ4n) is 2.43. The zero-order valence-electron chi connectivity index (χ0n) is 11.0. The van der Waals surface area contributed by atoms with Crippen molar-refractivity contribution >= 4 is 22.9 Å². The van der Waals surface area contributed by atoms with Gasteiger partial charge in [0, 0.05) is 24.5 Å². The van der Waals surface area contributed by atoms with Crippen LogP contribution in [0.5, 0.6) is 0 Å². The summed E-state index contributed by atoms with van der Waals surface area (Å²) >= 11 is 7.58. The van der Waals surface area contributed by atoms with Crippen LogP contribution in [0.15, 0.2) is 12.1 Å². The second-order valence-corrected chi connectivity index (χ2v) is 6.79. The van der Waals surface area contributed by atoms with E-state index in [1.54, 1.807) is 11.3 Å². The first-order chi connectivity index (χ1) is 8.84. The minimum atomic E-state index is 0.885. The molecule has 2 rings (SSSR count). The Balaban J connectivity index is 1.59. The Bertz CT molecular complexity index is 332. The van der Waals surface area contributed by atoms with Crippen molar-refractivity contribution in [2.45, 2.75) is 38.6 Å². The summed E-state index contributed by atoms with van der Waals surface area (Å²) in [6.07, 6.45) is 7.02. The summed E-state index contributed by atoms with van der Waals surface area (Å²) in [6.45, 7) is 5.78. The largest absolute Gasteiger partial charge is 0.311 e. The third kappa shape index (κ3) is 5.27. The van der Waals surface area contributed by atoms with E-state index in [1.807, 2.05) is 6.07 Å². The normalized spacial score (nSPS) is 18.5. The molecule has 0 bridgehead atoms. The van der Waals surface area contributed by atoms with Gasteiger partial charge in [0.25, 0.3) is 0 Å². The Hall–Kier alpha value is -0.0900. The van der Waals surface area contributed by atoms with Crippen LogP contribution in [0.2, 0.25) is 4.34 Å². The molecule has 4 heteroatoms. The average molecular weight is 287 g/mol. The highest BCUT2D eigenvalue weighted by atomic mass is 35.5. The Kier molecular flexibility index (Phi) is 6.49. The number of halogens is 1. The monoisotopic (exact) mass is 286 g/mol. The van der Waals surface area contributed by atoms with Gasteiger partial charge in [-0.15, -0.1) is 11.3 Å². The highest BCUT2D eigenvalue weighted by Crippen LogP contribution is 2.20. The van der Waals surface area contributed by atoms with E-state index in [4.69, 9.17) is 11.6 Å². The topological polar surface area (TPSA) is 15.3 Å². The van der Waals surface area contributed by atoms with Gasteiger partial charge in [0.2, 0.25) is 0 Å². The first-order valence-electron chi connectivity index (χ1n) is 7.02. The van der Waals surface area contributed by atoms with E-state index in [-0.39, 0.29) is 0 Å². The molecule has 1 aliphatic rings. The van der Waals surface area contributed by atoms with Crippen molar-refractivity contribution in [3.05, 3.63) is 21.3 Å². The molecule has 1 aromatic heterocycles. The van der Waals surface area contributed by atoms with Crippen molar-refractivity contribution in [1.82, 2.24) is 10.2 Å². The molecule has 0 aliphatic carbocycles. The third-order valence-corrected chi connectivity index (χ3v) is 4.71. The first kappa shape index (κ1) is 14.3. The van der Waals surface area contributed by atoms with E-state index in [9.17, 15) is 0 Å². The number of rotatable bonds is 5. The summed E-state index contributed by atoms with van der Waals surface area (Å²) in [4.78, 5) is 3.93. The van der Waals surface area contributed by atoms with Crippen LogP contribution in [0.1, 0.15) is 37.0 Å². The van der Waals surface area contributed by atoms with Crippen molar-refractivity contribution in [2.24, 2.45) is 0 Å². The number of hydrogen-bond donors (Lipinski definition) is 1. The molecule has 1 N–H and O–H groups in total. The minimum absolute atomic E-state index is 0.885. The van der Waals surface area contributed by atoms with Crippen LogP contribution in [0.3, 0.4) is 0 Å². The van der Waals surface area contributed by atoms with Gasteiger partial charge < -0.3 is 10.2 Å². The second-order valence-electron chi connectivity index (χ2n) is 4.99. The van der Waals surface area contributed by atoms with Crippen LogP contribution in [0.25, 0.3) is 0 Å². The summed E-state index contributed by atoms with van der Waals surface area (Å²) in [5.74, 6) is 0. The van der Waals surface area contributed by atoms with E-state index in [1.165, 1.54) is 56.6 Å². The fraction of sp³-hybridized carbons (Fsp3) is 0.714. The molecule has 0 spiro atoms. The van der Waals surface area contributed by atoms with Gasteiger partial charge in [-0.1, -0.05) is 30.9 Å². The molecule has 102 valence electrons. The predicted molar refractivity (Wildman–Crippen MR) is 80.6 cm³/mol. The van der Waals surface area contributed by atoms with Crippen LogP contribution >= 0.6 is 22.9 Å². The molecule has 0 aromatic carbocycles. The molecule has 1 fully saturated rings. The lowest BCUT2D eigenvalue weighted by molar-refractivity contribution is 0.247. The number of thiophene rings is 1. The van der Waals surface area contributed by atoms with Gasteiger partial charge in [-0.25, -0.2) is 0 Å². The standard InChI is InChI=1S/C14H23ClN2S/c15-14-7-6-13(18-14)12-16-8-11-17-9-4-2-1-3-5-10-17/h6-7,16H,1-5,8-12H2. The van der Waals surface area contributed by atoms with Gasteiger partial charge in [-0.2, -0.15) is 0 Å². The van der Waals surface area contributed by atoms with Crippen LogP contribution in [-0.2, 0) is 6.54 Å². The molecular formula is C14H23ClN2S. The van der Waals surface area contributed by atoms with E-state index < -0.39 is 0 Å². The lowest BCUT2D eigenvalue weighted by atomic mass is 10.1. The maximum absolute atomic E-state index is 5.91. The zero-order valence-corrected chi connectivity index (χ0v) is 12.5. The molecule has 0 amide bonds. The van der Waals surface area contributed by atoms with Gasteiger partial charge in [0.1, 0.15) is 0 Å². The van der Waals surface area contributed by atoms with Crippen molar-refractivity contribution in [1.29, 1.82) is 0 Å². The Morgan fingerprint density at radius 1 is 1.11 bits per heavy atom. The summed E-state index contributed by atoms with van der Waals surface area (Å²) in [5.41, 5.74) is 0. The summed E-state index contributed by atoms with van der Waals surface area (Å²) in [7, 11) is 0. The van der Waals surface area contributed by atoms with Crippen molar-refractivity contribution < 1.29 is 0 Å². The maximum atomic E-state index is 5.91. The molecule has 2 heterocycles. The van der Waals surface area contributed by atoms with Gasteiger partial charge >= 0.3 is 0 Å². The van der Waals surface area contributed by atoms with Crippen molar-refractivity contribution in [3.63, 3.8) is 0 Å². The molecule has 1 saturated heterocycles. The SMILES string of the molecule is Clc1ccc(CNCCN2CCCCCCC2)s1. The van der Waals surface area contributed by atoms with Crippen molar-refractivity contribution in [2.75, 3.05) is 26.2 Å². The van der Waals surface area contributed by atoms with E-state index in [0.717, 1.165) is 17.4 Å². The van der Waals surface area contributed by atoms with E-state index >= 15 is 0 Å². The Morgan fingerprint density at radius 3 is 2.50 bits per heavy atom. The highest BCUT2D eigenvalue weighted by Gasteiger charge is 2.07. The van der Waals surface area contributed by atoms with Crippen LogP contribution < -0.4 is 5.32 Å². The lowest BCUT2D eigenvalue weighted by Crippen LogP contribution is -2.34. The Morgan fingerprint density at radius 2 is 1.83 bits per heavy atom. The van der Waals surface area contributed by atoms with Crippen LogP contribution in [0, 0.1) is 0 Å². The zero-order chi connectivity index (χ0) is 12.6. The Labute approximate surface area is 119 Å². The average Bonchev–Trinajstić information content (AvgIpc) is 2.72. The highest BCUT2D eigenvalue weighted by molar-refractivity contribution is 7.16. The molecule has 0 unspecified atom stereocenters. The molecule has 18 heavy (non-hydrogen) atoms. The number of nitrogens with one attached hydrogen (secondary N) is 1. The van der Waals surface area contributed by atoms with Gasteiger partial charge in [-0.3, -0.25) is 0 Å². The van der Waals surface area contributed by atoms with Crippen LogP contribution in [0.4, 0.5) is 0 Å². The van der Waals surface area contributed by atoms with E-state index in [2.05, 4.69) is 16.3 Å². The summed E-state index contributed by atoms with van der Waals surface area (Å²) < 4.78 is 0.885. The van der Waals surface area contributed by atoms with Crippen LogP contribution in [-0.4, -0.2) is 31.1 Å². The minimum Gasteiger partial charge on any atom is -0.311 e. The first-order valence-corrected chi connectivity index (χ1v) is 8.21. The van der Waals surface area contributed by atoms with Crippen molar-refractivity contribution in [3.8, 4) is 0 Å². The third-order valence-electron chi connectivity index (χ3n) is 3.48. The molecule has 0 atom stereocenters. The van der Waals surface area contributed by atoms with Gasteiger partial charge in [0.15, 0.2) is 0 Å². The molecule has 1 aliphatic heterocycles. The number of nitrogens with zero attached hydrogens (tertiary/aromatic N) is 1. The molecule has 0 saturated carbocycles. The quantitative estimate of drug-likeness (QED) is 0.829. The molecule has 2 nitrogen and oxygen atoms in total. The molecular weight excluding hydrogens is 264 g/mol. The number of hydrogen-bond acceptors (Lipinski definition) is 3. The fourth-order valence-corrected chi connectivity index (χ4v) is 3.49. The van der Waals surface area contributed by atoms with Gasteiger partial charge in [0.05, 0.1) is 4.34 Å². The summed E-state index contributed by atoms with van der Waals surface area (Å²) in [6, 6.07) is 4.08. The summed E-state index contributed by atoms with van der Waals surface area (Å²) in [5, 5.41) is 3.51. The predicted octanol–water partition coefficient (Wildman–Crippen LogP) is 3.76.